The molecule has 1 N–H and O–H groups in total. The van der Waals surface area contributed by atoms with Crippen LogP contribution in [-0.4, -0.2) is 16.1 Å². The van der Waals surface area contributed by atoms with Crippen LogP contribution >= 0.6 is 22.6 Å². The number of hydrogen-bond acceptors (Lipinski definition) is 1. The van der Waals surface area contributed by atoms with Gasteiger partial charge in [0.1, 0.15) is 0 Å². The quantitative estimate of drug-likeness (QED) is 0.207. The molecule has 0 saturated heterocycles. The van der Waals surface area contributed by atoms with Crippen LogP contribution in [0.15, 0.2) is 12.2 Å². The van der Waals surface area contributed by atoms with Crippen molar-refractivity contribution in [1.82, 2.24) is 0 Å². The van der Waals surface area contributed by atoms with Crippen molar-refractivity contribution < 1.29 is 5.11 Å². The summed E-state index contributed by atoms with van der Waals surface area (Å²) < 4.78 is 1.32. The summed E-state index contributed by atoms with van der Waals surface area (Å²) in [5.74, 6) is 0. The minimum atomic E-state index is 0.286. The lowest BCUT2D eigenvalue weighted by Crippen LogP contribution is -1.82. The van der Waals surface area contributed by atoms with E-state index >= 15 is 0 Å². The molecular formula is C15H29IO. The number of aliphatic hydroxyl groups is 1. The van der Waals surface area contributed by atoms with Crippen molar-refractivity contribution in [1.29, 1.82) is 0 Å². The van der Waals surface area contributed by atoms with Gasteiger partial charge < -0.3 is 5.11 Å². The number of unbranched alkanes of at least 4 members (excludes halogenated alkanes) is 9. The average Bonchev–Trinajstić information content (AvgIpc) is 2.35. The molecule has 0 radical (unpaired) electrons. The van der Waals surface area contributed by atoms with Crippen molar-refractivity contribution in [3.05, 3.63) is 12.2 Å². The molecule has 0 aliphatic rings. The summed E-state index contributed by atoms with van der Waals surface area (Å²) in [6.07, 6.45) is 19.0. The Bertz CT molecular complexity index is 157. The second kappa shape index (κ2) is 16.4. The molecule has 0 amide bonds. The maximum absolute atomic E-state index is 8.59. The van der Waals surface area contributed by atoms with Gasteiger partial charge in [-0.2, -0.15) is 0 Å². The maximum atomic E-state index is 8.59. The highest BCUT2D eigenvalue weighted by Crippen LogP contribution is 2.11. The minimum absolute atomic E-state index is 0.286. The first kappa shape index (κ1) is 17.4. The highest BCUT2D eigenvalue weighted by atomic mass is 127. The zero-order valence-electron chi connectivity index (χ0n) is 11.2. The molecule has 0 aromatic carbocycles. The predicted molar refractivity (Wildman–Crippen MR) is 85.9 cm³/mol. The van der Waals surface area contributed by atoms with E-state index in [9.17, 15) is 0 Å². The summed E-state index contributed by atoms with van der Waals surface area (Å²) in [5, 5.41) is 8.59. The third-order valence-electron chi connectivity index (χ3n) is 2.97. The molecule has 0 atom stereocenters. The standard InChI is InChI=1S/C15H29IO/c16-14-12-10-8-6-4-2-1-3-5-7-9-11-13-15-17/h9,11,17H,1-8,10,12-15H2/b11-9+. The Morgan fingerprint density at radius 3 is 1.65 bits per heavy atom. The smallest absolute Gasteiger partial charge is 0.0465 e. The highest BCUT2D eigenvalue weighted by molar-refractivity contribution is 14.1. The number of allylic oxidation sites excluding steroid dienone is 1. The van der Waals surface area contributed by atoms with E-state index < -0.39 is 0 Å². The molecule has 102 valence electrons. The van der Waals surface area contributed by atoms with Crippen molar-refractivity contribution in [2.24, 2.45) is 0 Å². The molecule has 0 aliphatic carbocycles. The first-order valence-corrected chi connectivity index (χ1v) is 8.76. The van der Waals surface area contributed by atoms with Crippen LogP contribution in [0.5, 0.6) is 0 Å². The molecule has 17 heavy (non-hydrogen) atoms. The van der Waals surface area contributed by atoms with Crippen molar-refractivity contribution in [2.75, 3.05) is 11.0 Å². The highest BCUT2D eigenvalue weighted by Gasteiger charge is 1.91. The SMILES string of the molecule is OCC/C=C/CCCCCCCCCCCI. The molecule has 0 saturated carbocycles. The number of alkyl halides is 1. The van der Waals surface area contributed by atoms with Gasteiger partial charge in [-0.3, -0.25) is 0 Å². The van der Waals surface area contributed by atoms with Crippen molar-refractivity contribution in [3.8, 4) is 0 Å². The molecule has 0 bridgehead atoms. The van der Waals surface area contributed by atoms with E-state index in [-0.39, 0.29) is 6.61 Å². The Kier molecular flexibility index (Phi) is 16.8. The molecule has 0 heterocycles. The molecule has 0 unspecified atom stereocenters. The fraction of sp³-hybridized carbons (Fsp3) is 0.867. The van der Waals surface area contributed by atoms with Crippen LogP contribution in [0.4, 0.5) is 0 Å². The van der Waals surface area contributed by atoms with Crippen molar-refractivity contribution >= 4 is 22.6 Å². The summed E-state index contributed by atoms with van der Waals surface area (Å²) >= 11 is 2.46. The normalized spacial score (nSPS) is 11.4. The van der Waals surface area contributed by atoms with Crippen LogP contribution in [0.25, 0.3) is 0 Å². The number of hydrogen-bond donors (Lipinski definition) is 1. The van der Waals surface area contributed by atoms with E-state index in [2.05, 4.69) is 34.7 Å². The molecular weight excluding hydrogens is 323 g/mol. The van der Waals surface area contributed by atoms with Crippen molar-refractivity contribution in [2.45, 2.75) is 70.6 Å². The monoisotopic (exact) mass is 352 g/mol. The van der Waals surface area contributed by atoms with Gasteiger partial charge >= 0.3 is 0 Å². The number of halogens is 1. The molecule has 0 rings (SSSR count). The van der Waals surface area contributed by atoms with Crippen LogP contribution in [0.2, 0.25) is 0 Å². The van der Waals surface area contributed by atoms with Gasteiger partial charge in [0.15, 0.2) is 0 Å². The predicted octanol–water partition coefficient (Wildman–Crippen LogP) is 5.26. The van der Waals surface area contributed by atoms with E-state index in [1.54, 1.807) is 0 Å². The maximum Gasteiger partial charge on any atom is 0.0465 e. The molecule has 0 aromatic rings. The van der Waals surface area contributed by atoms with Crippen LogP contribution in [0, 0.1) is 0 Å². The van der Waals surface area contributed by atoms with Crippen LogP contribution in [-0.2, 0) is 0 Å². The number of aliphatic hydroxyl groups excluding tert-OH is 1. The second-order valence-electron chi connectivity index (χ2n) is 4.64. The molecule has 0 spiro atoms. The Hall–Kier alpha value is 0.430. The van der Waals surface area contributed by atoms with E-state index in [1.807, 2.05) is 0 Å². The summed E-state index contributed by atoms with van der Waals surface area (Å²) in [4.78, 5) is 0. The fourth-order valence-corrected chi connectivity index (χ4v) is 2.44. The van der Waals surface area contributed by atoms with Crippen LogP contribution in [0.1, 0.15) is 70.6 Å². The van der Waals surface area contributed by atoms with E-state index in [1.165, 1.54) is 68.6 Å². The van der Waals surface area contributed by atoms with Gasteiger partial charge in [-0.1, -0.05) is 79.7 Å². The summed E-state index contributed by atoms with van der Waals surface area (Å²) in [5.41, 5.74) is 0. The summed E-state index contributed by atoms with van der Waals surface area (Å²) in [6.45, 7) is 0.286. The molecule has 0 aliphatic heterocycles. The molecule has 2 heteroatoms. The van der Waals surface area contributed by atoms with Gasteiger partial charge in [-0.15, -0.1) is 0 Å². The molecule has 1 nitrogen and oxygen atoms in total. The number of rotatable bonds is 13. The van der Waals surface area contributed by atoms with E-state index in [4.69, 9.17) is 5.11 Å². The van der Waals surface area contributed by atoms with E-state index in [0.29, 0.717) is 0 Å². The Morgan fingerprint density at radius 1 is 0.647 bits per heavy atom. The topological polar surface area (TPSA) is 20.2 Å². The Labute approximate surface area is 121 Å². The first-order valence-electron chi connectivity index (χ1n) is 7.23. The van der Waals surface area contributed by atoms with Gasteiger partial charge in [0.05, 0.1) is 0 Å². The third kappa shape index (κ3) is 16.4. The lowest BCUT2D eigenvalue weighted by molar-refractivity contribution is 0.302. The summed E-state index contributed by atoms with van der Waals surface area (Å²) in [6, 6.07) is 0. The third-order valence-corrected chi connectivity index (χ3v) is 3.73. The zero-order chi connectivity index (χ0) is 12.6. The van der Waals surface area contributed by atoms with Crippen LogP contribution < -0.4 is 0 Å². The van der Waals surface area contributed by atoms with Gasteiger partial charge in [-0.25, -0.2) is 0 Å². The van der Waals surface area contributed by atoms with Gasteiger partial charge in [0, 0.05) is 6.61 Å². The lowest BCUT2D eigenvalue weighted by atomic mass is 10.1. The molecule has 0 fully saturated rings. The van der Waals surface area contributed by atoms with Gasteiger partial charge in [-0.05, 0) is 30.1 Å². The lowest BCUT2D eigenvalue weighted by Gasteiger charge is -2.01. The zero-order valence-corrected chi connectivity index (χ0v) is 13.3. The van der Waals surface area contributed by atoms with Crippen LogP contribution in [0.3, 0.4) is 0 Å². The Balaban J connectivity index is 2.94. The van der Waals surface area contributed by atoms with Crippen molar-refractivity contribution in [3.63, 3.8) is 0 Å². The average molecular weight is 352 g/mol. The minimum Gasteiger partial charge on any atom is -0.396 e. The fourth-order valence-electron chi connectivity index (χ4n) is 1.90. The largest absolute Gasteiger partial charge is 0.396 e. The second-order valence-corrected chi connectivity index (χ2v) is 5.72. The Morgan fingerprint density at radius 2 is 1.12 bits per heavy atom. The first-order chi connectivity index (χ1) is 8.41. The summed E-state index contributed by atoms with van der Waals surface area (Å²) in [7, 11) is 0. The van der Waals surface area contributed by atoms with Gasteiger partial charge in [0.25, 0.3) is 0 Å². The van der Waals surface area contributed by atoms with E-state index in [0.717, 1.165) is 6.42 Å². The molecule has 0 aromatic heterocycles. The van der Waals surface area contributed by atoms with Gasteiger partial charge in [0.2, 0.25) is 0 Å².